The molecule has 0 atom stereocenters. The number of benzene rings is 3. The van der Waals surface area contributed by atoms with Gasteiger partial charge in [-0.1, -0.05) is 52.3 Å². The molecule has 0 radical (unpaired) electrons. The van der Waals surface area contributed by atoms with Crippen molar-refractivity contribution < 1.29 is 13.0 Å². The van der Waals surface area contributed by atoms with Crippen molar-refractivity contribution in [2.24, 2.45) is 0 Å². The minimum Gasteiger partial charge on any atom is -0.282 e. The lowest BCUT2D eigenvalue weighted by atomic mass is 9.90. The van der Waals surface area contributed by atoms with Crippen LogP contribution in [0.1, 0.15) is 27.8 Å². The predicted molar refractivity (Wildman–Crippen MR) is 121 cm³/mol. The zero-order chi connectivity index (χ0) is 20.6. The third kappa shape index (κ3) is 4.10. The summed E-state index contributed by atoms with van der Waals surface area (Å²) in [6, 6.07) is 14.6. The summed E-state index contributed by atoms with van der Waals surface area (Å²) in [5.41, 5.74) is 7.20. The molecule has 3 rings (SSSR count). The molecule has 0 aliphatic heterocycles. The van der Waals surface area contributed by atoms with E-state index in [0.29, 0.717) is 6.42 Å². The van der Waals surface area contributed by atoms with E-state index in [1.807, 2.05) is 37.3 Å². The van der Waals surface area contributed by atoms with E-state index in [-0.39, 0.29) is 4.90 Å². The lowest BCUT2D eigenvalue weighted by molar-refractivity contribution is 0.483. The molecule has 0 saturated carbocycles. The number of hydrogen-bond acceptors (Lipinski definition) is 2. The molecule has 6 heteroatoms. The van der Waals surface area contributed by atoms with Gasteiger partial charge in [0.1, 0.15) is 0 Å². The Morgan fingerprint density at radius 1 is 0.857 bits per heavy atom. The highest BCUT2D eigenvalue weighted by Crippen LogP contribution is 2.42. The molecule has 0 fully saturated rings. The lowest BCUT2D eigenvalue weighted by Gasteiger charge is -2.20. The Hall–Kier alpha value is -1.47. The van der Waals surface area contributed by atoms with Crippen LogP contribution in [0, 0.1) is 20.8 Å². The summed E-state index contributed by atoms with van der Waals surface area (Å²) in [4.78, 5) is -0.0983. The van der Waals surface area contributed by atoms with Crippen molar-refractivity contribution in [2.75, 3.05) is 0 Å². The fourth-order valence-corrected chi connectivity index (χ4v) is 5.16. The second-order valence-corrected chi connectivity index (χ2v) is 9.84. The van der Waals surface area contributed by atoms with E-state index >= 15 is 0 Å². The van der Waals surface area contributed by atoms with Crippen molar-refractivity contribution >= 4 is 42.0 Å². The summed E-state index contributed by atoms with van der Waals surface area (Å²) in [5.74, 6) is 0. The van der Waals surface area contributed by atoms with Gasteiger partial charge in [0, 0.05) is 14.5 Å². The van der Waals surface area contributed by atoms with E-state index in [2.05, 4.69) is 45.7 Å². The van der Waals surface area contributed by atoms with Crippen LogP contribution in [0.5, 0.6) is 0 Å². The Bertz CT molecular complexity index is 1130. The van der Waals surface area contributed by atoms with Gasteiger partial charge in [0.25, 0.3) is 10.1 Å². The van der Waals surface area contributed by atoms with Crippen molar-refractivity contribution in [1.29, 1.82) is 0 Å². The largest absolute Gasteiger partial charge is 0.294 e. The lowest BCUT2D eigenvalue weighted by Crippen LogP contribution is -2.03. The minimum absolute atomic E-state index is 0.0983. The first-order chi connectivity index (χ1) is 13.1. The monoisotopic (exact) mass is 522 g/mol. The number of rotatable bonds is 4. The van der Waals surface area contributed by atoms with Crippen molar-refractivity contribution in [2.45, 2.75) is 32.1 Å². The van der Waals surface area contributed by atoms with Crippen LogP contribution in [0.4, 0.5) is 0 Å². The third-order valence-corrected chi connectivity index (χ3v) is 8.06. The molecule has 0 aromatic heterocycles. The van der Waals surface area contributed by atoms with Crippen LogP contribution in [0.3, 0.4) is 0 Å². The molecule has 3 nitrogen and oxygen atoms in total. The second-order valence-electron chi connectivity index (χ2n) is 6.83. The van der Waals surface area contributed by atoms with Crippen LogP contribution in [0.25, 0.3) is 11.1 Å². The molecule has 28 heavy (non-hydrogen) atoms. The van der Waals surface area contributed by atoms with Gasteiger partial charge in [-0.15, -0.1) is 0 Å². The van der Waals surface area contributed by atoms with Gasteiger partial charge in [-0.2, -0.15) is 8.42 Å². The van der Waals surface area contributed by atoms with Gasteiger partial charge in [0.2, 0.25) is 0 Å². The first-order valence-corrected chi connectivity index (χ1v) is 11.7. The van der Waals surface area contributed by atoms with E-state index in [1.54, 1.807) is 12.1 Å². The van der Waals surface area contributed by atoms with E-state index in [4.69, 9.17) is 0 Å². The zero-order valence-corrected chi connectivity index (χ0v) is 19.7. The molecule has 0 amide bonds. The number of halogens is 2. The quantitative estimate of drug-likeness (QED) is 0.390. The molecule has 0 unspecified atom stereocenters. The van der Waals surface area contributed by atoms with Crippen LogP contribution in [-0.2, 0) is 16.5 Å². The molecule has 0 bridgehead atoms. The van der Waals surface area contributed by atoms with E-state index < -0.39 is 10.1 Å². The smallest absolute Gasteiger partial charge is 0.282 e. The molecule has 3 aromatic rings. The van der Waals surface area contributed by atoms with Crippen LogP contribution in [0.15, 0.2) is 62.4 Å². The summed E-state index contributed by atoms with van der Waals surface area (Å²) in [5, 5.41) is 0. The zero-order valence-electron chi connectivity index (χ0n) is 15.8. The third-order valence-electron chi connectivity index (χ3n) is 5.03. The summed E-state index contributed by atoms with van der Waals surface area (Å²) in [6.45, 7) is 6.16. The van der Waals surface area contributed by atoms with Gasteiger partial charge < -0.3 is 0 Å². The van der Waals surface area contributed by atoms with Crippen molar-refractivity contribution in [3.8, 4) is 11.1 Å². The fourth-order valence-electron chi connectivity index (χ4n) is 3.33. The van der Waals surface area contributed by atoms with Gasteiger partial charge in [-0.05, 0) is 88.6 Å². The standard InChI is InChI=1S/C22H20Br2O3S/c1-13-14(2)22(24)20(15(3)21(13)23)19-10-9-18(28(25,26)27)12-17(19)11-16-7-5-4-6-8-16/h4-10,12H,11H2,1-3H3,(H,25,26,27). The molecular weight excluding hydrogens is 504 g/mol. The molecule has 0 aliphatic carbocycles. The van der Waals surface area contributed by atoms with E-state index in [0.717, 1.165) is 47.9 Å². The summed E-state index contributed by atoms with van der Waals surface area (Å²) in [7, 11) is -4.28. The summed E-state index contributed by atoms with van der Waals surface area (Å²) < 4.78 is 35.0. The molecule has 1 N–H and O–H groups in total. The maximum atomic E-state index is 11.7. The topological polar surface area (TPSA) is 54.4 Å². The fraction of sp³-hybridized carbons (Fsp3) is 0.182. The Morgan fingerprint density at radius 3 is 2.07 bits per heavy atom. The van der Waals surface area contributed by atoms with Crippen LogP contribution >= 0.6 is 31.9 Å². The van der Waals surface area contributed by atoms with Gasteiger partial charge in [0.15, 0.2) is 0 Å². The minimum atomic E-state index is -4.28. The molecule has 3 aromatic carbocycles. The van der Waals surface area contributed by atoms with E-state index in [9.17, 15) is 13.0 Å². The maximum absolute atomic E-state index is 11.7. The Kier molecular flexibility index (Phi) is 6.15. The van der Waals surface area contributed by atoms with Gasteiger partial charge in [0.05, 0.1) is 4.90 Å². The Balaban J connectivity index is 2.30. The first kappa shape index (κ1) is 21.2. The summed E-state index contributed by atoms with van der Waals surface area (Å²) in [6.07, 6.45) is 0.552. The van der Waals surface area contributed by atoms with Crippen LogP contribution < -0.4 is 0 Å². The Labute approximate surface area is 182 Å². The van der Waals surface area contributed by atoms with Crippen molar-refractivity contribution in [1.82, 2.24) is 0 Å². The highest BCUT2D eigenvalue weighted by molar-refractivity contribution is 9.11. The first-order valence-electron chi connectivity index (χ1n) is 8.70. The Morgan fingerprint density at radius 2 is 1.46 bits per heavy atom. The van der Waals surface area contributed by atoms with Gasteiger partial charge >= 0.3 is 0 Å². The van der Waals surface area contributed by atoms with E-state index in [1.165, 1.54) is 6.07 Å². The predicted octanol–water partition coefficient (Wildman–Crippen LogP) is 6.64. The van der Waals surface area contributed by atoms with Gasteiger partial charge in [-0.25, -0.2) is 0 Å². The second kappa shape index (κ2) is 8.11. The maximum Gasteiger partial charge on any atom is 0.294 e. The molecule has 0 saturated heterocycles. The average molecular weight is 524 g/mol. The summed E-state index contributed by atoms with van der Waals surface area (Å²) >= 11 is 7.44. The average Bonchev–Trinajstić information content (AvgIpc) is 2.66. The van der Waals surface area contributed by atoms with Crippen molar-refractivity contribution in [3.05, 3.63) is 85.3 Å². The van der Waals surface area contributed by atoms with Gasteiger partial charge in [-0.3, -0.25) is 4.55 Å². The normalized spacial score (nSPS) is 11.6. The SMILES string of the molecule is Cc1c(C)c(Br)c(-c2ccc(S(=O)(=O)O)cc2Cc2ccccc2)c(C)c1Br. The highest BCUT2D eigenvalue weighted by Gasteiger charge is 2.20. The molecule has 0 aliphatic rings. The molecule has 0 spiro atoms. The highest BCUT2D eigenvalue weighted by atomic mass is 79.9. The molecule has 146 valence electrons. The molecule has 0 heterocycles. The molecular formula is C22H20Br2O3S. The van der Waals surface area contributed by atoms with Crippen LogP contribution in [-0.4, -0.2) is 13.0 Å². The van der Waals surface area contributed by atoms with Crippen LogP contribution in [0.2, 0.25) is 0 Å². The number of hydrogen-bond donors (Lipinski definition) is 1. The van der Waals surface area contributed by atoms with Crippen molar-refractivity contribution in [3.63, 3.8) is 0 Å².